The number of benzene rings is 1. The van der Waals surface area contributed by atoms with E-state index < -0.39 is 17.7 Å². The average molecular weight is 421 g/mol. The van der Waals surface area contributed by atoms with E-state index in [4.69, 9.17) is 9.47 Å². The fourth-order valence-corrected chi connectivity index (χ4v) is 2.88. The SMILES string of the molecule is CC(NC(=O)OC(C)(C)C)c1cc(F)cc2c1OC(CI)C2. The van der Waals surface area contributed by atoms with Crippen molar-refractivity contribution in [3.8, 4) is 5.75 Å². The second-order valence-electron chi connectivity index (χ2n) is 6.45. The molecule has 2 unspecified atom stereocenters. The normalized spacial score (nSPS) is 18.4. The number of fused-ring (bicyclic) bond motifs is 1. The summed E-state index contributed by atoms with van der Waals surface area (Å²) in [7, 11) is 0. The Labute approximate surface area is 143 Å². The lowest BCUT2D eigenvalue weighted by atomic mass is 10.0. The second-order valence-corrected chi connectivity index (χ2v) is 7.33. The van der Waals surface area contributed by atoms with Crippen LogP contribution in [-0.4, -0.2) is 22.2 Å². The van der Waals surface area contributed by atoms with Gasteiger partial charge in [0.1, 0.15) is 23.3 Å². The van der Waals surface area contributed by atoms with E-state index in [1.807, 2.05) is 0 Å². The molecule has 2 atom stereocenters. The number of alkyl carbamates (subject to hydrolysis) is 1. The number of amides is 1. The highest BCUT2D eigenvalue weighted by Gasteiger charge is 2.28. The number of alkyl halides is 1. The summed E-state index contributed by atoms with van der Waals surface area (Å²) in [5.41, 5.74) is 0.930. The molecule has 22 heavy (non-hydrogen) atoms. The third kappa shape index (κ3) is 4.24. The van der Waals surface area contributed by atoms with Crippen LogP contribution in [0.3, 0.4) is 0 Å². The molecule has 1 N–H and O–H groups in total. The topological polar surface area (TPSA) is 47.6 Å². The molecule has 0 fully saturated rings. The lowest BCUT2D eigenvalue weighted by Crippen LogP contribution is -2.34. The summed E-state index contributed by atoms with van der Waals surface area (Å²) in [6.45, 7) is 7.18. The van der Waals surface area contributed by atoms with Crippen LogP contribution in [0.2, 0.25) is 0 Å². The van der Waals surface area contributed by atoms with Crippen molar-refractivity contribution in [2.45, 2.75) is 51.9 Å². The highest BCUT2D eigenvalue weighted by Crippen LogP contribution is 2.37. The first kappa shape index (κ1) is 17.3. The van der Waals surface area contributed by atoms with E-state index in [-0.39, 0.29) is 11.9 Å². The van der Waals surface area contributed by atoms with Gasteiger partial charge >= 0.3 is 6.09 Å². The van der Waals surface area contributed by atoms with Gasteiger partial charge in [-0.1, -0.05) is 22.6 Å². The van der Waals surface area contributed by atoms with Crippen molar-refractivity contribution in [2.24, 2.45) is 0 Å². The van der Waals surface area contributed by atoms with Crippen LogP contribution in [0.5, 0.6) is 5.75 Å². The monoisotopic (exact) mass is 421 g/mol. The molecule has 0 bridgehead atoms. The maximum atomic E-state index is 13.8. The molecule has 1 aliphatic heterocycles. The summed E-state index contributed by atoms with van der Waals surface area (Å²) >= 11 is 2.25. The molecule has 1 amide bonds. The third-order valence-corrected chi connectivity index (χ3v) is 4.25. The Kier molecular flexibility index (Phi) is 5.19. The minimum atomic E-state index is -0.573. The lowest BCUT2D eigenvalue weighted by molar-refractivity contribution is 0.0507. The van der Waals surface area contributed by atoms with Crippen molar-refractivity contribution in [1.82, 2.24) is 5.32 Å². The van der Waals surface area contributed by atoms with Crippen LogP contribution >= 0.6 is 22.6 Å². The Morgan fingerprint density at radius 3 is 2.82 bits per heavy atom. The first-order chi connectivity index (χ1) is 10.2. The zero-order valence-corrected chi connectivity index (χ0v) is 15.4. The molecule has 122 valence electrons. The maximum absolute atomic E-state index is 13.8. The van der Waals surface area contributed by atoms with Crippen LogP contribution in [-0.2, 0) is 11.2 Å². The van der Waals surface area contributed by atoms with Crippen LogP contribution in [0.15, 0.2) is 12.1 Å². The molecule has 0 radical (unpaired) electrons. The first-order valence-corrected chi connectivity index (χ1v) is 8.76. The van der Waals surface area contributed by atoms with E-state index in [0.29, 0.717) is 17.7 Å². The van der Waals surface area contributed by atoms with E-state index in [0.717, 1.165) is 9.99 Å². The Balaban J connectivity index is 2.17. The molecule has 0 spiro atoms. The highest BCUT2D eigenvalue weighted by molar-refractivity contribution is 14.1. The van der Waals surface area contributed by atoms with Crippen LogP contribution in [0.4, 0.5) is 9.18 Å². The van der Waals surface area contributed by atoms with E-state index in [9.17, 15) is 9.18 Å². The van der Waals surface area contributed by atoms with Crippen molar-refractivity contribution in [1.29, 1.82) is 0 Å². The minimum Gasteiger partial charge on any atom is -0.489 e. The van der Waals surface area contributed by atoms with Gasteiger partial charge in [0, 0.05) is 22.0 Å². The largest absolute Gasteiger partial charge is 0.489 e. The van der Waals surface area contributed by atoms with E-state index in [1.165, 1.54) is 12.1 Å². The lowest BCUT2D eigenvalue weighted by Gasteiger charge is -2.23. The average Bonchev–Trinajstić information content (AvgIpc) is 2.77. The fraction of sp³-hybridized carbons (Fsp3) is 0.562. The molecule has 0 aliphatic carbocycles. The summed E-state index contributed by atoms with van der Waals surface area (Å²) in [5.74, 6) is 0.371. The molecule has 4 nitrogen and oxygen atoms in total. The summed E-state index contributed by atoms with van der Waals surface area (Å²) < 4.78 is 25.8. The second kappa shape index (κ2) is 6.60. The smallest absolute Gasteiger partial charge is 0.408 e. The summed E-state index contributed by atoms with van der Waals surface area (Å²) in [5, 5.41) is 2.73. The van der Waals surface area contributed by atoms with Gasteiger partial charge in [-0.25, -0.2) is 9.18 Å². The van der Waals surface area contributed by atoms with Crippen molar-refractivity contribution < 1.29 is 18.7 Å². The molecule has 1 aromatic rings. The van der Waals surface area contributed by atoms with Crippen molar-refractivity contribution in [3.63, 3.8) is 0 Å². The summed E-state index contributed by atoms with van der Waals surface area (Å²) in [4.78, 5) is 11.9. The number of hydrogen-bond donors (Lipinski definition) is 1. The predicted octanol–water partition coefficient (Wildman–Crippen LogP) is 4.15. The van der Waals surface area contributed by atoms with Crippen LogP contribution in [0.25, 0.3) is 0 Å². The highest BCUT2D eigenvalue weighted by atomic mass is 127. The molecule has 1 heterocycles. The van der Waals surface area contributed by atoms with Gasteiger partial charge in [-0.15, -0.1) is 0 Å². The van der Waals surface area contributed by atoms with Gasteiger partial charge in [0.05, 0.1) is 6.04 Å². The Hall–Kier alpha value is -1.05. The van der Waals surface area contributed by atoms with Gasteiger partial charge in [-0.3, -0.25) is 0 Å². The van der Waals surface area contributed by atoms with Gasteiger partial charge in [-0.05, 0) is 39.8 Å². The molecule has 1 aromatic carbocycles. The molecule has 0 saturated heterocycles. The van der Waals surface area contributed by atoms with Crippen LogP contribution in [0, 0.1) is 5.82 Å². The quantitative estimate of drug-likeness (QED) is 0.590. The number of rotatable bonds is 3. The molecule has 6 heteroatoms. The zero-order valence-electron chi connectivity index (χ0n) is 13.2. The number of carbonyl (C=O) groups excluding carboxylic acids is 1. The molecule has 0 saturated carbocycles. The van der Waals surface area contributed by atoms with Gasteiger partial charge < -0.3 is 14.8 Å². The summed E-state index contributed by atoms with van der Waals surface area (Å²) in [6, 6.07) is 2.52. The molecular weight excluding hydrogens is 400 g/mol. The van der Waals surface area contributed by atoms with Gasteiger partial charge in [0.25, 0.3) is 0 Å². The molecule has 0 aromatic heterocycles. The fourth-order valence-electron chi connectivity index (χ4n) is 2.39. The predicted molar refractivity (Wildman–Crippen MR) is 91.2 cm³/mol. The van der Waals surface area contributed by atoms with Gasteiger partial charge in [0.2, 0.25) is 0 Å². The minimum absolute atomic E-state index is 0.0601. The van der Waals surface area contributed by atoms with Crippen LogP contribution < -0.4 is 10.1 Å². The van der Waals surface area contributed by atoms with Crippen LogP contribution in [0.1, 0.15) is 44.9 Å². The zero-order chi connectivity index (χ0) is 16.5. The standard InChI is InChI=1S/C16H21FINO3/c1-9(19-15(20)22-16(2,3)4)13-7-11(17)5-10-6-12(8-18)21-14(10)13/h5,7,9,12H,6,8H2,1-4H3,(H,19,20). The third-order valence-electron chi connectivity index (χ3n) is 3.26. The Morgan fingerprint density at radius 1 is 1.55 bits per heavy atom. The molecule has 1 aliphatic rings. The van der Waals surface area contributed by atoms with Gasteiger partial charge in [0.15, 0.2) is 0 Å². The number of hydrogen-bond acceptors (Lipinski definition) is 3. The Morgan fingerprint density at radius 2 is 2.23 bits per heavy atom. The number of carbonyl (C=O) groups is 1. The maximum Gasteiger partial charge on any atom is 0.408 e. The van der Waals surface area contributed by atoms with E-state index in [1.54, 1.807) is 27.7 Å². The number of ether oxygens (including phenoxy) is 2. The van der Waals surface area contributed by atoms with Crippen molar-refractivity contribution in [3.05, 3.63) is 29.1 Å². The van der Waals surface area contributed by atoms with Crippen molar-refractivity contribution >= 4 is 28.7 Å². The van der Waals surface area contributed by atoms with Gasteiger partial charge in [-0.2, -0.15) is 0 Å². The molecular formula is C16H21FINO3. The van der Waals surface area contributed by atoms with E-state index >= 15 is 0 Å². The molecule has 2 rings (SSSR count). The summed E-state index contributed by atoms with van der Waals surface area (Å²) in [6.07, 6.45) is 0.230. The number of halogens is 2. The number of nitrogens with one attached hydrogen (secondary N) is 1. The van der Waals surface area contributed by atoms with E-state index in [2.05, 4.69) is 27.9 Å². The Bertz CT molecular complexity index is 571. The first-order valence-electron chi connectivity index (χ1n) is 7.24. The van der Waals surface area contributed by atoms with Crippen molar-refractivity contribution in [2.75, 3.05) is 4.43 Å².